The van der Waals surface area contributed by atoms with Gasteiger partial charge in [0.2, 0.25) is 0 Å². The Balaban J connectivity index is 2.13. The van der Waals surface area contributed by atoms with E-state index in [0.717, 1.165) is 20.7 Å². The number of halogens is 2. The van der Waals surface area contributed by atoms with Crippen LogP contribution in [0.1, 0.15) is 0 Å². The Morgan fingerprint density at radius 3 is 2.32 bits per heavy atom. The second kappa shape index (κ2) is 5.41. The molecule has 0 aliphatic heterocycles. The molecule has 3 rings (SSSR count). The van der Waals surface area contributed by atoms with Crippen LogP contribution >= 0.6 is 35.0 Å². The Morgan fingerprint density at radius 2 is 1.53 bits per heavy atom. The molecular formula is C15H9Cl2NS. The molecule has 0 bridgehead atoms. The fourth-order valence-electron chi connectivity index (χ4n) is 1.82. The summed E-state index contributed by atoms with van der Waals surface area (Å²) in [7, 11) is 0. The molecule has 0 atom stereocenters. The van der Waals surface area contributed by atoms with Crippen molar-refractivity contribution in [1.29, 1.82) is 0 Å². The predicted molar refractivity (Wildman–Crippen MR) is 82.3 cm³/mol. The van der Waals surface area contributed by atoms with Gasteiger partial charge in [0.25, 0.3) is 0 Å². The van der Waals surface area contributed by atoms with Crippen molar-refractivity contribution in [3.63, 3.8) is 0 Å². The van der Waals surface area contributed by atoms with Crippen LogP contribution < -0.4 is 0 Å². The molecule has 0 radical (unpaired) electrons. The second-order valence-electron chi connectivity index (χ2n) is 3.98. The molecule has 0 saturated carbocycles. The number of pyridine rings is 1. The standard InChI is InChI=1S/C15H9Cl2NS/c16-13-11-8-4-5-9-12(11)18-15(17)14(13)19-10-6-2-1-3-7-10/h1-9H. The summed E-state index contributed by atoms with van der Waals surface area (Å²) in [5.74, 6) is 0. The minimum absolute atomic E-state index is 0.442. The van der Waals surface area contributed by atoms with Gasteiger partial charge in [0, 0.05) is 10.3 Å². The summed E-state index contributed by atoms with van der Waals surface area (Å²) < 4.78 is 0. The van der Waals surface area contributed by atoms with Crippen molar-refractivity contribution in [2.24, 2.45) is 0 Å². The molecule has 94 valence electrons. The van der Waals surface area contributed by atoms with Crippen LogP contribution in [0, 0.1) is 0 Å². The SMILES string of the molecule is Clc1nc2ccccc2c(Cl)c1Sc1ccccc1. The summed E-state index contributed by atoms with van der Waals surface area (Å²) in [6, 6.07) is 17.7. The largest absolute Gasteiger partial charge is 0.235 e. The lowest BCUT2D eigenvalue weighted by atomic mass is 10.2. The maximum Gasteiger partial charge on any atom is 0.145 e. The Kier molecular flexibility index (Phi) is 3.65. The van der Waals surface area contributed by atoms with Gasteiger partial charge in [-0.2, -0.15) is 0 Å². The molecule has 3 aromatic rings. The highest BCUT2D eigenvalue weighted by Gasteiger charge is 2.13. The molecule has 0 aliphatic rings. The van der Waals surface area contributed by atoms with Gasteiger partial charge in [0.15, 0.2) is 0 Å². The number of hydrogen-bond acceptors (Lipinski definition) is 2. The maximum absolute atomic E-state index is 6.45. The van der Waals surface area contributed by atoms with Crippen molar-refractivity contribution >= 4 is 45.9 Å². The van der Waals surface area contributed by atoms with E-state index in [1.54, 1.807) is 0 Å². The molecule has 0 unspecified atom stereocenters. The molecule has 0 spiro atoms. The summed E-state index contributed by atoms with van der Waals surface area (Å²) >= 11 is 14.2. The zero-order chi connectivity index (χ0) is 13.2. The Bertz CT molecular complexity index is 729. The van der Waals surface area contributed by atoms with Gasteiger partial charge in [-0.3, -0.25) is 0 Å². The third-order valence-corrected chi connectivity index (χ3v) is 4.71. The van der Waals surface area contributed by atoms with Crippen LogP contribution in [0.3, 0.4) is 0 Å². The van der Waals surface area contributed by atoms with Gasteiger partial charge in [-0.15, -0.1) is 0 Å². The van der Waals surface area contributed by atoms with Crippen LogP contribution in [-0.4, -0.2) is 4.98 Å². The summed E-state index contributed by atoms with van der Waals surface area (Å²) in [4.78, 5) is 6.28. The van der Waals surface area contributed by atoms with Gasteiger partial charge in [0.1, 0.15) is 5.15 Å². The third-order valence-electron chi connectivity index (χ3n) is 2.71. The number of benzene rings is 2. The lowest BCUT2D eigenvalue weighted by Gasteiger charge is -2.09. The van der Waals surface area contributed by atoms with Gasteiger partial charge in [-0.25, -0.2) is 4.98 Å². The fraction of sp³-hybridized carbons (Fsp3) is 0. The van der Waals surface area contributed by atoms with Crippen molar-refractivity contribution in [2.45, 2.75) is 9.79 Å². The number of rotatable bonds is 2. The van der Waals surface area contributed by atoms with Gasteiger partial charge < -0.3 is 0 Å². The molecule has 4 heteroatoms. The molecule has 19 heavy (non-hydrogen) atoms. The minimum atomic E-state index is 0.442. The molecule has 0 N–H and O–H groups in total. The molecule has 0 amide bonds. The monoisotopic (exact) mass is 305 g/mol. The topological polar surface area (TPSA) is 12.9 Å². The van der Waals surface area contributed by atoms with E-state index in [2.05, 4.69) is 4.98 Å². The number of aromatic nitrogens is 1. The lowest BCUT2D eigenvalue weighted by molar-refractivity contribution is 1.30. The lowest BCUT2D eigenvalue weighted by Crippen LogP contribution is -1.86. The number of para-hydroxylation sites is 1. The zero-order valence-electron chi connectivity index (χ0n) is 9.81. The first-order chi connectivity index (χ1) is 9.25. The first-order valence-electron chi connectivity index (χ1n) is 5.72. The van der Waals surface area contributed by atoms with Crippen molar-refractivity contribution in [1.82, 2.24) is 4.98 Å². The normalized spacial score (nSPS) is 10.8. The summed E-state index contributed by atoms with van der Waals surface area (Å²) in [6.45, 7) is 0. The van der Waals surface area contributed by atoms with Gasteiger partial charge >= 0.3 is 0 Å². The predicted octanol–water partition coefficient (Wildman–Crippen LogP) is 5.69. The summed E-state index contributed by atoms with van der Waals surface area (Å²) in [6.07, 6.45) is 0. The third kappa shape index (κ3) is 2.57. The first-order valence-corrected chi connectivity index (χ1v) is 7.29. The summed E-state index contributed by atoms with van der Waals surface area (Å²) in [5, 5.41) is 2.02. The van der Waals surface area contributed by atoms with E-state index in [-0.39, 0.29) is 0 Å². The van der Waals surface area contributed by atoms with Crippen LogP contribution in [0.15, 0.2) is 64.4 Å². The number of hydrogen-bond donors (Lipinski definition) is 0. The molecule has 2 aromatic carbocycles. The van der Waals surface area contributed by atoms with Gasteiger partial charge in [-0.05, 0) is 18.2 Å². The van der Waals surface area contributed by atoms with E-state index in [1.165, 1.54) is 11.8 Å². The van der Waals surface area contributed by atoms with E-state index in [9.17, 15) is 0 Å². The smallest absolute Gasteiger partial charge is 0.145 e. The van der Waals surface area contributed by atoms with Crippen molar-refractivity contribution in [3.8, 4) is 0 Å². The van der Waals surface area contributed by atoms with Gasteiger partial charge in [0.05, 0.1) is 15.4 Å². The quantitative estimate of drug-likeness (QED) is 0.564. The van der Waals surface area contributed by atoms with Crippen LogP contribution in [0.25, 0.3) is 10.9 Å². The Morgan fingerprint density at radius 1 is 0.842 bits per heavy atom. The Hall–Kier alpha value is -1.22. The van der Waals surface area contributed by atoms with Crippen LogP contribution in [-0.2, 0) is 0 Å². The highest BCUT2D eigenvalue weighted by atomic mass is 35.5. The first kappa shape index (κ1) is 12.8. The molecule has 0 saturated heterocycles. The highest BCUT2D eigenvalue weighted by Crippen LogP contribution is 2.40. The molecule has 0 aliphatic carbocycles. The van der Waals surface area contributed by atoms with E-state index < -0.39 is 0 Å². The Labute approximate surface area is 125 Å². The van der Waals surface area contributed by atoms with E-state index in [4.69, 9.17) is 23.2 Å². The summed E-state index contributed by atoms with van der Waals surface area (Å²) in [5.41, 5.74) is 0.815. The molecular weight excluding hydrogens is 297 g/mol. The van der Waals surface area contributed by atoms with Gasteiger partial charge in [-0.1, -0.05) is 71.4 Å². The molecule has 1 aromatic heterocycles. The minimum Gasteiger partial charge on any atom is -0.235 e. The molecule has 1 heterocycles. The van der Waals surface area contributed by atoms with Crippen LogP contribution in [0.4, 0.5) is 0 Å². The van der Waals surface area contributed by atoms with Crippen molar-refractivity contribution in [2.75, 3.05) is 0 Å². The average molecular weight is 306 g/mol. The molecule has 0 fully saturated rings. The second-order valence-corrected chi connectivity index (χ2v) is 5.80. The van der Waals surface area contributed by atoms with E-state index in [0.29, 0.717) is 10.2 Å². The molecule has 1 nitrogen and oxygen atoms in total. The van der Waals surface area contributed by atoms with E-state index in [1.807, 2.05) is 54.6 Å². The van der Waals surface area contributed by atoms with Crippen LogP contribution in [0.2, 0.25) is 10.2 Å². The fourth-order valence-corrected chi connectivity index (χ4v) is 3.39. The number of nitrogens with zero attached hydrogens (tertiary/aromatic N) is 1. The average Bonchev–Trinajstić information content (AvgIpc) is 2.45. The van der Waals surface area contributed by atoms with Crippen molar-refractivity contribution < 1.29 is 0 Å². The maximum atomic E-state index is 6.45. The number of fused-ring (bicyclic) bond motifs is 1. The van der Waals surface area contributed by atoms with Crippen LogP contribution in [0.5, 0.6) is 0 Å². The highest BCUT2D eigenvalue weighted by molar-refractivity contribution is 7.99. The zero-order valence-corrected chi connectivity index (χ0v) is 12.1. The van der Waals surface area contributed by atoms with E-state index >= 15 is 0 Å². The van der Waals surface area contributed by atoms with Crippen molar-refractivity contribution in [3.05, 3.63) is 64.8 Å².